The molecule has 0 aliphatic heterocycles. The van der Waals surface area contributed by atoms with Gasteiger partial charge in [0.05, 0.1) is 19.0 Å². The molecule has 0 unspecified atom stereocenters. The number of rotatable bonds is 5. The number of methoxy groups -OCH3 is 1. The van der Waals surface area contributed by atoms with Gasteiger partial charge in [0.15, 0.2) is 0 Å². The third-order valence-electron chi connectivity index (χ3n) is 3.98. The zero-order valence-electron chi connectivity index (χ0n) is 13.3. The summed E-state index contributed by atoms with van der Waals surface area (Å²) in [5, 5.41) is 10.7. The molecule has 23 heavy (non-hydrogen) atoms. The molecule has 3 aromatic rings. The second-order valence-corrected chi connectivity index (χ2v) is 5.48. The summed E-state index contributed by atoms with van der Waals surface area (Å²) in [6.45, 7) is 2.64. The van der Waals surface area contributed by atoms with Gasteiger partial charge in [-0.15, -0.1) is 0 Å². The number of imidazole rings is 1. The number of aromatic nitrogens is 2. The van der Waals surface area contributed by atoms with Crippen LogP contribution < -0.4 is 4.74 Å². The Bertz CT molecular complexity index is 764. The van der Waals surface area contributed by atoms with Crippen molar-refractivity contribution in [1.82, 2.24) is 9.55 Å². The number of aryl methyl sites for hydroxylation is 1. The Hall–Kier alpha value is -2.59. The summed E-state index contributed by atoms with van der Waals surface area (Å²) >= 11 is 0. The molecule has 0 fully saturated rings. The van der Waals surface area contributed by atoms with Gasteiger partial charge >= 0.3 is 0 Å². The van der Waals surface area contributed by atoms with Gasteiger partial charge in [0.25, 0.3) is 0 Å². The lowest BCUT2D eigenvalue weighted by Crippen LogP contribution is -2.11. The lowest BCUT2D eigenvalue weighted by molar-refractivity contribution is 0.210. The number of hydrogen-bond donors (Lipinski definition) is 1. The summed E-state index contributed by atoms with van der Waals surface area (Å²) in [5.41, 5.74) is 2.79. The molecular formula is C19H20N2O2. The predicted molar refractivity (Wildman–Crippen MR) is 89.6 cm³/mol. The molecule has 1 heterocycles. The number of hydrogen-bond acceptors (Lipinski definition) is 3. The first-order valence-corrected chi connectivity index (χ1v) is 7.57. The average molecular weight is 308 g/mol. The van der Waals surface area contributed by atoms with Crippen LogP contribution in [-0.2, 0) is 6.54 Å². The monoisotopic (exact) mass is 308 g/mol. The van der Waals surface area contributed by atoms with Gasteiger partial charge in [-0.3, -0.25) is 0 Å². The van der Waals surface area contributed by atoms with Gasteiger partial charge in [0, 0.05) is 6.54 Å². The minimum atomic E-state index is -0.717. The number of nitrogens with zero attached hydrogens (tertiary/aromatic N) is 2. The van der Waals surface area contributed by atoms with E-state index in [1.165, 1.54) is 5.56 Å². The van der Waals surface area contributed by atoms with Crippen molar-refractivity contribution in [3.05, 3.63) is 83.4 Å². The van der Waals surface area contributed by atoms with Gasteiger partial charge in [-0.05, 0) is 30.2 Å². The highest BCUT2D eigenvalue weighted by molar-refractivity contribution is 5.32. The van der Waals surface area contributed by atoms with E-state index in [1.54, 1.807) is 13.3 Å². The molecule has 1 atom stereocenters. The maximum atomic E-state index is 10.7. The molecule has 0 radical (unpaired) electrons. The van der Waals surface area contributed by atoms with Crippen LogP contribution in [0.4, 0.5) is 0 Å². The van der Waals surface area contributed by atoms with E-state index >= 15 is 0 Å². The van der Waals surface area contributed by atoms with Crippen molar-refractivity contribution in [3.8, 4) is 5.75 Å². The molecule has 0 aliphatic rings. The van der Waals surface area contributed by atoms with Crippen LogP contribution in [0.25, 0.3) is 0 Å². The smallest absolute Gasteiger partial charge is 0.121 e. The molecule has 1 N–H and O–H groups in total. The summed E-state index contributed by atoms with van der Waals surface area (Å²) in [4.78, 5) is 4.37. The molecule has 118 valence electrons. The highest BCUT2D eigenvalue weighted by Gasteiger charge is 2.17. The summed E-state index contributed by atoms with van der Waals surface area (Å²) in [6, 6.07) is 17.6. The van der Waals surface area contributed by atoms with Gasteiger partial charge in [-0.2, -0.15) is 0 Å². The zero-order valence-corrected chi connectivity index (χ0v) is 13.3. The van der Waals surface area contributed by atoms with Crippen LogP contribution in [0.5, 0.6) is 5.75 Å². The van der Waals surface area contributed by atoms with E-state index in [-0.39, 0.29) is 0 Å². The molecule has 3 rings (SSSR count). The van der Waals surface area contributed by atoms with Crippen LogP contribution >= 0.6 is 0 Å². The van der Waals surface area contributed by atoms with E-state index in [9.17, 15) is 5.11 Å². The Morgan fingerprint density at radius 1 is 1.09 bits per heavy atom. The van der Waals surface area contributed by atoms with E-state index < -0.39 is 6.10 Å². The summed E-state index contributed by atoms with van der Waals surface area (Å²) in [5.74, 6) is 1.66. The fourth-order valence-electron chi connectivity index (χ4n) is 2.63. The SMILES string of the molecule is COc1ccc([C@@H](O)c2cnc(C)n2Cc2ccccc2)cc1. The zero-order chi connectivity index (χ0) is 16.2. The molecule has 0 saturated carbocycles. The molecule has 0 aliphatic carbocycles. The predicted octanol–water partition coefficient (Wildman–Crippen LogP) is 3.33. The maximum Gasteiger partial charge on any atom is 0.121 e. The molecule has 0 bridgehead atoms. The Kier molecular flexibility index (Phi) is 4.44. The van der Waals surface area contributed by atoms with Crippen molar-refractivity contribution in [2.75, 3.05) is 7.11 Å². The second kappa shape index (κ2) is 6.67. The van der Waals surface area contributed by atoms with Crippen LogP contribution in [0.1, 0.15) is 28.7 Å². The lowest BCUT2D eigenvalue weighted by Gasteiger charge is -2.16. The minimum absolute atomic E-state index is 0.690. The fourth-order valence-corrected chi connectivity index (χ4v) is 2.63. The molecule has 0 saturated heterocycles. The molecule has 0 amide bonds. The Morgan fingerprint density at radius 2 is 1.78 bits per heavy atom. The summed E-state index contributed by atoms with van der Waals surface area (Å²) < 4.78 is 7.21. The number of aliphatic hydroxyl groups is 1. The highest BCUT2D eigenvalue weighted by Crippen LogP contribution is 2.25. The second-order valence-electron chi connectivity index (χ2n) is 5.48. The van der Waals surface area contributed by atoms with Crippen LogP contribution in [-0.4, -0.2) is 21.8 Å². The third kappa shape index (κ3) is 3.27. The molecule has 1 aromatic heterocycles. The van der Waals surface area contributed by atoms with Crippen LogP contribution in [0.3, 0.4) is 0 Å². The number of benzene rings is 2. The van der Waals surface area contributed by atoms with Gasteiger partial charge in [-0.1, -0.05) is 42.5 Å². The first kappa shape index (κ1) is 15.3. The van der Waals surface area contributed by atoms with Crippen molar-refractivity contribution in [2.24, 2.45) is 0 Å². The van der Waals surface area contributed by atoms with Crippen molar-refractivity contribution >= 4 is 0 Å². The van der Waals surface area contributed by atoms with Gasteiger partial charge < -0.3 is 14.4 Å². The molecule has 2 aromatic carbocycles. The Labute approximate surface area is 136 Å². The van der Waals surface area contributed by atoms with E-state index in [4.69, 9.17) is 4.74 Å². The maximum absolute atomic E-state index is 10.7. The first-order chi connectivity index (χ1) is 11.2. The van der Waals surface area contributed by atoms with Gasteiger partial charge in [0.1, 0.15) is 17.7 Å². The molecule has 4 heteroatoms. The normalized spacial score (nSPS) is 12.1. The van der Waals surface area contributed by atoms with E-state index in [2.05, 4.69) is 17.1 Å². The molecule has 0 spiro atoms. The molecule has 4 nitrogen and oxygen atoms in total. The summed E-state index contributed by atoms with van der Waals surface area (Å²) in [7, 11) is 1.63. The quantitative estimate of drug-likeness (QED) is 0.786. The van der Waals surface area contributed by atoms with Crippen molar-refractivity contribution in [1.29, 1.82) is 0 Å². The third-order valence-corrected chi connectivity index (χ3v) is 3.98. The highest BCUT2D eigenvalue weighted by atomic mass is 16.5. The van der Waals surface area contributed by atoms with E-state index in [0.29, 0.717) is 6.54 Å². The Balaban J connectivity index is 1.90. The fraction of sp³-hybridized carbons (Fsp3) is 0.211. The lowest BCUT2D eigenvalue weighted by atomic mass is 10.1. The van der Waals surface area contributed by atoms with Crippen LogP contribution in [0.2, 0.25) is 0 Å². The standard InChI is InChI=1S/C19H20N2O2/c1-14-20-12-18(21(14)13-15-6-4-3-5-7-15)19(22)16-8-10-17(23-2)11-9-16/h3-12,19,22H,13H2,1-2H3/t19-/m1/s1. The number of aliphatic hydroxyl groups excluding tert-OH is 1. The minimum Gasteiger partial charge on any atom is -0.497 e. The van der Waals surface area contributed by atoms with Crippen LogP contribution in [0, 0.1) is 6.92 Å². The average Bonchev–Trinajstić information content (AvgIpc) is 2.96. The van der Waals surface area contributed by atoms with Gasteiger partial charge in [0.2, 0.25) is 0 Å². The van der Waals surface area contributed by atoms with Crippen LogP contribution in [0.15, 0.2) is 60.8 Å². The topological polar surface area (TPSA) is 47.3 Å². The molecular weight excluding hydrogens is 288 g/mol. The van der Waals surface area contributed by atoms with E-state index in [1.807, 2.05) is 54.0 Å². The largest absolute Gasteiger partial charge is 0.497 e. The number of ether oxygens (including phenoxy) is 1. The van der Waals surface area contributed by atoms with Crippen molar-refractivity contribution in [3.63, 3.8) is 0 Å². The first-order valence-electron chi connectivity index (χ1n) is 7.57. The van der Waals surface area contributed by atoms with Crippen molar-refractivity contribution < 1.29 is 9.84 Å². The Morgan fingerprint density at radius 3 is 2.43 bits per heavy atom. The van der Waals surface area contributed by atoms with Crippen molar-refractivity contribution in [2.45, 2.75) is 19.6 Å². The summed E-state index contributed by atoms with van der Waals surface area (Å²) in [6.07, 6.45) is 1.03. The van der Waals surface area contributed by atoms with Gasteiger partial charge in [-0.25, -0.2) is 4.98 Å². The van der Waals surface area contributed by atoms with E-state index in [0.717, 1.165) is 22.8 Å².